The number of carbonyl (C=O) groups excluding carboxylic acids is 1. The molecule has 0 radical (unpaired) electrons. The highest BCUT2D eigenvalue weighted by Gasteiger charge is 2.04. The van der Waals surface area contributed by atoms with Crippen LogP contribution in [-0.4, -0.2) is 22.4 Å². The fraction of sp³-hybridized carbons (Fsp3) is 0.636. The van der Waals surface area contributed by atoms with Gasteiger partial charge in [0.1, 0.15) is 5.82 Å². The molecule has 0 aliphatic rings. The number of aryl methyl sites for hydroxylation is 1. The summed E-state index contributed by atoms with van der Waals surface area (Å²) in [6, 6.07) is 0. The van der Waals surface area contributed by atoms with Crippen molar-refractivity contribution in [3.63, 3.8) is 0 Å². The van der Waals surface area contributed by atoms with Gasteiger partial charge in [-0.2, -0.15) is 0 Å². The summed E-state index contributed by atoms with van der Waals surface area (Å²) in [4.78, 5) is 18.5. The summed E-state index contributed by atoms with van der Waals surface area (Å²) in [5, 5.41) is 2.89. The largest absolute Gasteiger partial charge is 0.356 e. The van der Waals surface area contributed by atoms with Crippen molar-refractivity contribution >= 4 is 5.91 Å². The number of hydrogen-bond donors (Lipinski definition) is 2. The second kappa shape index (κ2) is 5.53. The van der Waals surface area contributed by atoms with E-state index in [1.807, 2.05) is 27.0 Å². The van der Waals surface area contributed by atoms with Crippen LogP contribution in [0.3, 0.4) is 0 Å². The number of H-pyrrole nitrogens is 1. The highest BCUT2D eigenvalue weighted by atomic mass is 16.1. The molecule has 15 heavy (non-hydrogen) atoms. The molecule has 2 N–H and O–H groups in total. The molecule has 0 aromatic carbocycles. The van der Waals surface area contributed by atoms with Gasteiger partial charge < -0.3 is 10.3 Å². The minimum Gasteiger partial charge on any atom is -0.356 e. The van der Waals surface area contributed by atoms with Crippen LogP contribution in [0.1, 0.15) is 31.8 Å². The molecule has 0 aliphatic carbocycles. The summed E-state index contributed by atoms with van der Waals surface area (Å²) in [5.41, 5.74) is 1.07. The van der Waals surface area contributed by atoms with Gasteiger partial charge in [0.15, 0.2) is 0 Å². The number of rotatable bonds is 5. The Morgan fingerprint density at radius 2 is 2.33 bits per heavy atom. The summed E-state index contributed by atoms with van der Waals surface area (Å²) in [5.74, 6) is 1.46. The number of hydrogen-bond acceptors (Lipinski definition) is 2. The molecule has 0 saturated carbocycles. The van der Waals surface area contributed by atoms with Gasteiger partial charge in [-0.05, 0) is 12.8 Å². The Bertz CT molecular complexity index is 317. The maximum Gasteiger partial charge on any atom is 0.220 e. The smallest absolute Gasteiger partial charge is 0.220 e. The van der Waals surface area contributed by atoms with Crippen LogP contribution in [-0.2, 0) is 11.2 Å². The standard InChI is InChI=1S/C11H19N3O/c1-8(2)6-11(15)12-5-4-10-7-13-9(3)14-10/h7-8H,4-6H2,1-3H3,(H,12,15)(H,13,14). The van der Waals surface area contributed by atoms with Gasteiger partial charge in [-0.25, -0.2) is 4.98 Å². The SMILES string of the molecule is Cc1ncc(CCNC(=O)CC(C)C)[nH]1. The zero-order chi connectivity index (χ0) is 11.3. The van der Waals surface area contributed by atoms with Gasteiger partial charge in [0.05, 0.1) is 0 Å². The van der Waals surface area contributed by atoms with E-state index in [4.69, 9.17) is 0 Å². The van der Waals surface area contributed by atoms with Crippen molar-refractivity contribution in [1.82, 2.24) is 15.3 Å². The number of nitrogens with one attached hydrogen (secondary N) is 2. The molecule has 0 bridgehead atoms. The van der Waals surface area contributed by atoms with Crippen LogP contribution in [0.4, 0.5) is 0 Å². The first-order chi connectivity index (χ1) is 7.08. The Morgan fingerprint density at radius 1 is 1.60 bits per heavy atom. The first-order valence-electron chi connectivity index (χ1n) is 5.35. The molecule has 0 spiro atoms. The van der Waals surface area contributed by atoms with Gasteiger partial charge in [0, 0.05) is 31.3 Å². The molecule has 1 aromatic heterocycles. The summed E-state index contributed by atoms with van der Waals surface area (Å²) in [7, 11) is 0. The lowest BCUT2D eigenvalue weighted by atomic mass is 10.1. The average molecular weight is 209 g/mol. The average Bonchev–Trinajstić information content (AvgIpc) is 2.50. The van der Waals surface area contributed by atoms with Gasteiger partial charge in [0.25, 0.3) is 0 Å². The van der Waals surface area contributed by atoms with Crippen LogP contribution in [0.5, 0.6) is 0 Å². The first-order valence-corrected chi connectivity index (χ1v) is 5.35. The molecule has 84 valence electrons. The summed E-state index contributed by atoms with van der Waals surface area (Å²) < 4.78 is 0. The molecule has 1 heterocycles. The molecule has 4 heteroatoms. The van der Waals surface area contributed by atoms with E-state index in [1.54, 1.807) is 0 Å². The van der Waals surface area contributed by atoms with Crippen molar-refractivity contribution in [3.05, 3.63) is 17.7 Å². The third-order valence-electron chi connectivity index (χ3n) is 2.07. The highest BCUT2D eigenvalue weighted by Crippen LogP contribution is 1.99. The Balaban J connectivity index is 2.19. The normalized spacial score (nSPS) is 10.7. The fourth-order valence-electron chi connectivity index (χ4n) is 1.38. The molecule has 0 saturated heterocycles. The van der Waals surface area contributed by atoms with Crippen LogP contribution in [0.15, 0.2) is 6.20 Å². The lowest BCUT2D eigenvalue weighted by Gasteiger charge is -2.05. The Morgan fingerprint density at radius 3 is 2.87 bits per heavy atom. The van der Waals surface area contributed by atoms with E-state index in [1.165, 1.54) is 0 Å². The first kappa shape index (κ1) is 11.8. The second-order valence-corrected chi connectivity index (χ2v) is 4.19. The van der Waals surface area contributed by atoms with Crippen molar-refractivity contribution in [2.75, 3.05) is 6.54 Å². The minimum absolute atomic E-state index is 0.126. The number of amides is 1. The Hall–Kier alpha value is -1.32. The summed E-state index contributed by atoms with van der Waals surface area (Å²) >= 11 is 0. The van der Waals surface area contributed by atoms with E-state index in [2.05, 4.69) is 15.3 Å². The van der Waals surface area contributed by atoms with Crippen molar-refractivity contribution in [1.29, 1.82) is 0 Å². The van der Waals surface area contributed by atoms with Gasteiger partial charge in [0.2, 0.25) is 5.91 Å². The minimum atomic E-state index is 0.126. The highest BCUT2D eigenvalue weighted by molar-refractivity contribution is 5.76. The van der Waals surface area contributed by atoms with Crippen LogP contribution < -0.4 is 5.32 Å². The molecule has 0 fully saturated rings. The predicted molar refractivity (Wildman–Crippen MR) is 59.5 cm³/mol. The molecule has 1 aromatic rings. The maximum atomic E-state index is 11.3. The molecule has 4 nitrogen and oxygen atoms in total. The molecule has 0 aliphatic heterocycles. The van der Waals surface area contributed by atoms with E-state index in [9.17, 15) is 4.79 Å². The maximum absolute atomic E-state index is 11.3. The van der Waals surface area contributed by atoms with E-state index >= 15 is 0 Å². The molecule has 0 unspecified atom stereocenters. The number of aromatic nitrogens is 2. The quantitative estimate of drug-likeness (QED) is 0.770. The van der Waals surface area contributed by atoms with Crippen LogP contribution >= 0.6 is 0 Å². The van der Waals surface area contributed by atoms with E-state index in [0.29, 0.717) is 18.9 Å². The molecule has 0 atom stereocenters. The van der Waals surface area contributed by atoms with Gasteiger partial charge in [-0.1, -0.05) is 13.8 Å². The molecular formula is C11H19N3O. The monoisotopic (exact) mass is 209 g/mol. The van der Waals surface area contributed by atoms with E-state index in [0.717, 1.165) is 17.9 Å². The second-order valence-electron chi connectivity index (χ2n) is 4.19. The number of nitrogens with zero attached hydrogens (tertiary/aromatic N) is 1. The molecule has 1 rings (SSSR count). The van der Waals surface area contributed by atoms with Crippen molar-refractivity contribution in [3.8, 4) is 0 Å². The third kappa shape index (κ3) is 4.63. The molecular weight excluding hydrogens is 190 g/mol. The van der Waals surface area contributed by atoms with Gasteiger partial charge >= 0.3 is 0 Å². The lowest BCUT2D eigenvalue weighted by Crippen LogP contribution is -2.26. The zero-order valence-corrected chi connectivity index (χ0v) is 9.63. The van der Waals surface area contributed by atoms with Crippen LogP contribution in [0.2, 0.25) is 0 Å². The van der Waals surface area contributed by atoms with E-state index in [-0.39, 0.29) is 5.91 Å². The third-order valence-corrected chi connectivity index (χ3v) is 2.07. The van der Waals surface area contributed by atoms with E-state index < -0.39 is 0 Å². The van der Waals surface area contributed by atoms with Crippen molar-refractivity contribution in [2.24, 2.45) is 5.92 Å². The topological polar surface area (TPSA) is 57.8 Å². The summed E-state index contributed by atoms with van der Waals surface area (Å²) in [6.07, 6.45) is 3.22. The predicted octanol–water partition coefficient (Wildman–Crippen LogP) is 1.42. The van der Waals surface area contributed by atoms with Crippen molar-refractivity contribution in [2.45, 2.75) is 33.6 Å². The number of imidazole rings is 1. The Kier molecular flexibility index (Phi) is 4.34. The Labute approximate surface area is 90.5 Å². The fourth-order valence-corrected chi connectivity index (χ4v) is 1.38. The number of carbonyl (C=O) groups is 1. The van der Waals surface area contributed by atoms with Gasteiger partial charge in [-0.15, -0.1) is 0 Å². The van der Waals surface area contributed by atoms with Crippen molar-refractivity contribution < 1.29 is 4.79 Å². The lowest BCUT2D eigenvalue weighted by molar-refractivity contribution is -0.121. The van der Waals surface area contributed by atoms with Crippen LogP contribution in [0.25, 0.3) is 0 Å². The van der Waals surface area contributed by atoms with Crippen LogP contribution in [0, 0.1) is 12.8 Å². The number of aromatic amines is 1. The van der Waals surface area contributed by atoms with Gasteiger partial charge in [-0.3, -0.25) is 4.79 Å². The zero-order valence-electron chi connectivity index (χ0n) is 9.63. The molecule has 1 amide bonds. The summed E-state index contributed by atoms with van der Waals surface area (Å²) in [6.45, 7) is 6.67.